The summed E-state index contributed by atoms with van der Waals surface area (Å²) in [5.74, 6) is -1.60. The van der Waals surface area contributed by atoms with E-state index in [-0.39, 0.29) is 18.2 Å². The lowest BCUT2D eigenvalue weighted by molar-refractivity contribution is -0.119. The Morgan fingerprint density at radius 3 is 2.47 bits per heavy atom. The van der Waals surface area contributed by atoms with Gasteiger partial charge >= 0.3 is 0 Å². The Bertz CT molecular complexity index is 484. The van der Waals surface area contributed by atoms with Crippen LogP contribution in [0.25, 0.3) is 0 Å². The van der Waals surface area contributed by atoms with Crippen LogP contribution < -0.4 is 5.73 Å². The molecule has 0 atom stereocenters. The van der Waals surface area contributed by atoms with Gasteiger partial charge < -0.3 is 10.6 Å². The monoisotopic (exact) mass is 264 g/mol. The molecule has 0 heterocycles. The second kappa shape index (κ2) is 5.82. The van der Waals surface area contributed by atoms with Crippen molar-refractivity contribution in [3.8, 4) is 0 Å². The highest BCUT2D eigenvalue weighted by Crippen LogP contribution is 2.25. The molecule has 0 spiro atoms. The first-order valence-corrected chi connectivity index (χ1v) is 6.43. The second-order valence-corrected chi connectivity index (χ2v) is 4.82. The molecule has 0 radical (unpaired) electrons. The Hall–Kier alpha value is -1.91. The van der Waals surface area contributed by atoms with Crippen molar-refractivity contribution in [3.05, 3.63) is 35.6 Å². The van der Waals surface area contributed by atoms with Gasteiger partial charge in [-0.05, 0) is 25.0 Å². The summed E-state index contributed by atoms with van der Waals surface area (Å²) in [6.45, 7) is -0.155. The summed E-state index contributed by atoms with van der Waals surface area (Å²) in [4.78, 5) is 24.9. The van der Waals surface area contributed by atoms with E-state index in [2.05, 4.69) is 0 Å². The van der Waals surface area contributed by atoms with Crippen LogP contribution in [0, 0.1) is 5.82 Å². The largest absolute Gasteiger partial charge is 0.368 e. The smallest absolute Gasteiger partial charge is 0.257 e. The average molecular weight is 264 g/mol. The van der Waals surface area contributed by atoms with Crippen molar-refractivity contribution in [1.82, 2.24) is 4.90 Å². The van der Waals surface area contributed by atoms with Crippen LogP contribution in [0.2, 0.25) is 0 Å². The van der Waals surface area contributed by atoms with Crippen molar-refractivity contribution in [1.29, 1.82) is 0 Å². The van der Waals surface area contributed by atoms with Gasteiger partial charge in [0, 0.05) is 6.04 Å². The molecule has 0 unspecified atom stereocenters. The first kappa shape index (κ1) is 13.5. The van der Waals surface area contributed by atoms with E-state index in [0.29, 0.717) is 0 Å². The molecule has 1 aliphatic carbocycles. The van der Waals surface area contributed by atoms with Gasteiger partial charge in [-0.15, -0.1) is 0 Å². The standard InChI is InChI=1S/C14H17FN2O2/c15-12-8-4-3-7-11(12)14(19)17(9-13(16)18)10-5-1-2-6-10/h3-4,7-8,10H,1-2,5-6,9H2,(H2,16,18). The van der Waals surface area contributed by atoms with E-state index < -0.39 is 17.6 Å². The molecule has 1 saturated carbocycles. The zero-order valence-corrected chi connectivity index (χ0v) is 10.6. The van der Waals surface area contributed by atoms with Gasteiger partial charge in [0.05, 0.1) is 12.1 Å². The molecule has 0 aliphatic heterocycles. The van der Waals surface area contributed by atoms with Gasteiger partial charge in [-0.1, -0.05) is 25.0 Å². The number of nitrogens with two attached hydrogens (primary N) is 1. The number of halogens is 1. The first-order chi connectivity index (χ1) is 9.09. The van der Waals surface area contributed by atoms with E-state index in [1.807, 2.05) is 0 Å². The van der Waals surface area contributed by atoms with Crippen molar-refractivity contribution < 1.29 is 14.0 Å². The van der Waals surface area contributed by atoms with Gasteiger partial charge in [-0.2, -0.15) is 0 Å². The zero-order valence-electron chi connectivity index (χ0n) is 10.6. The highest BCUT2D eigenvalue weighted by atomic mass is 19.1. The molecule has 1 fully saturated rings. The van der Waals surface area contributed by atoms with Crippen molar-refractivity contribution in [2.45, 2.75) is 31.7 Å². The maximum atomic E-state index is 13.7. The SMILES string of the molecule is NC(=O)CN(C(=O)c1ccccc1F)C1CCCC1. The van der Waals surface area contributed by atoms with E-state index in [9.17, 15) is 14.0 Å². The molecule has 0 bridgehead atoms. The summed E-state index contributed by atoms with van der Waals surface area (Å²) in [6, 6.07) is 5.79. The normalized spacial score (nSPS) is 15.4. The highest BCUT2D eigenvalue weighted by Gasteiger charge is 2.29. The van der Waals surface area contributed by atoms with Gasteiger partial charge in [0.1, 0.15) is 5.82 Å². The number of primary amides is 1. The first-order valence-electron chi connectivity index (χ1n) is 6.43. The average Bonchev–Trinajstić information content (AvgIpc) is 2.89. The summed E-state index contributed by atoms with van der Waals surface area (Å²) in [5, 5.41) is 0. The molecule has 2 amide bonds. The molecular weight excluding hydrogens is 247 g/mol. The molecule has 2 N–H and O–H groups in total. The quantitative estimate of drug-likeness (QED) is 0.899. The van der Waals surface area contributed by atoms with Crippen molar-refractivity contribution in [2.75, 3.05) is 6.54 Å². The number of carbonyl (C=O) groups is 2. The predicted octanol–water partition coefficient (Wildman–Crippen LogP) is 1.70. The van der Waals surface area contributed by atoms with E-state index in [0.717, 1.165) is 25.7 Å². The molecule has 19 heavy (non-hydrogen) atoms. The number of nitrogens with zero attached hydrogens (tertiary/aromatic N) is 1. The van der Waals surface area contributed by atoms with Crippen LogP contribution in [-0.2, 0) is 4.79 Å². The minimum atomic E-state index is -0.573. The molecule has 102 valence electrons. The third kappa shape index (κ3) is 3.10. The van der Waals surface area contributed by atoms with Crippen LogP contribution in [-0.4, -0.2) is 29.3 Å². The molecule has 0 aromatic heterocycles. The minimum Gasteiger partial charge on any atom is -0.368 e. The van der Waals surface area contributed by atoms with Crippen LogP contribution in [0.3, 0.4) is 0 Å². The maximum absolute atomic E-state index is 13.7. The van der Waals surface area contributed by atoms with Crippen LogP contribution in [0.5, 0.6) is 0 Å². The fourth-order valence-corrected chi connectivity index (χ4v) is 2.54. The second-order valence-electron chi connectivity index (χ2n) is 4.82. The minimum absolute atomic E-state index is 0.00403. The Balaban J connectivity index is 2.24. The predicted molar refractivity (Wildman–Crippen MR) is 68.9 cm³/mol. The zero-order chi connectivity index (χ0) is 13.8. The number of amides is 2. The Morgan fingerprint density at radius 1 is 1.26 bits per heavy atom. The summed E-state index contributed by atoms with van der Waals surface area (Å²) in [6.07, 6.45) is 3.72. The van der Waals surface area contributed by atoms with Crippen LogP contribution >= 0.6 is 0 Å². The molecule has 1 aromatic rings. The van der Waals surface area contributed by atoms with E-state index >= 15 is 0 Å². The Kier molecular flexibility index (Phi) is 4.14. The van der Waals surface area contributed by atoms with Crippen molar-refractivity contribution in [3.63, 3.8) is 0 Å². The van der Waals surface area contributed by atoms with Gasteiger partial charge in [0.2, 0.25) is 5.91 Å². The van der Waals surface area contributed by atoms with Gasteiger partial charge in [0.25, 0.3) is 5.91 Å². The number of hydrogen-bond acceptors (Lipinski definition) is 2. The fourth-order valence-electron chi connectivity index (χ4n) is 2.54. The molecular formula is C14H17FN2O2. The lowest BCUT2D eigenvalue weighted by Crippen LogP contribution is -2.44. The van der Waals surface area contributed by atoms with Gasteiger partial charge in [-0.3, -0.25) is 9.59 Å². The third-order valence-electron chi connectivity index (χ3n) is 3.46. The van der Waals surface area contributed by atoms with Crippen LogP contribution in [0.4, 0.5) is 4.39 Å². The third-order valence-corrected chi connectivity index (χ3v) is 3.46. The van der Waals surface area contributed by atoms with Gasteiger partial charge in [-0.25, -0.2) is 4.39 Å². The number of benzene rings is 1. The molecule has 0 saturated heterocycles. The Labute approximate surface area is 111 Å². The van der Waals surface area contributed by atoms with Gasteiger partial charge in [0.15, 0.2) is 0 Å². The lowest BCUT2D eigenvalue weighted by atomic mass is 10.1. The number of carbonyl (C=O) groups excluding carboxylic acids is 2. The molecule has 2 rings (SSSR count). The Morgan fingerprint density at radius 2 is 1.89 bits per heavy atom. The number of rotatable bonds is 4. The van der Waals surface area contributed by atoms with E-state index in [1.54, 1.807) is 6.07 Å². The van der Waals surface area contributed by atoms with Crippen LogP contribution in [0.15, 0.2) is 24.3 Å². The summed E-state index contributed by atoms with van der Waals surface area (Å²) in [5.41, 5.74) is 5.18. The highest BCUT2D eigenvalue weighted by molar-refractivity contribution is 5.96. The number of hydrogen-bond donors (Lipinski definition) is 1. The summed E-state index contributed by atoms with van der Waals surface area (Å²) >= 11 is 0. The fraction of sp³-hybridized carbons (Fsp3) is 0.429. The molecule has 4 nitrogen and oxygen atoms in total. The molecule has 1 aliphatic rings. The van der Waals surface area contributed by atoms with Crippen molar-refractivity contribution >= 4 is 11.8 Å². The summed E-state index contributed by atoms with van der Waals surface area (Å²) < 4.78 is 13.7. The topological polar surface area (TPSA) is 63.4 Å². The van der Waals surface area contributed by atoms with Crippen LogP contribution in [0.1, 0.15) is 36.0 Å². The van der Waals surface area contributed by atoms with Crippen molar-refractivity contribution in [2.24, 2.45) is 5.73 Å². The molecule has 1 aromatic carbocycles. The van der Waals surface area contributed by atoms with E-state index in [4.69, 9.17) is 5.73 Å². The summed E-state index contributed by atoms with van der Waals surface area (Å²) in [7, 11) is 0. The molecule has 5 heteroatoms. The maximum Gasteiger partial charge on any atom is 0.257 e. The lowest BCUT2D eigenvalue weighted by Gasteiger charge is -2.28. The van der Waals surface area contributed by atoms with E-state index in [1.165, 1.54) is 23.1 Å².